The third kappa shape index (κ3) is 2.47. The van der Waals surface area contributed by atoms with E-state index in [0.29, 0.717) is 5.75 Å². The molecule has 17 heavy (non-hydrogen) atoms. The molecule has 92 valence electrons. The van der Waals surface area contributed by atoms with Crippen LogP contribution in [0.1, 0.15) is 36.0 Å². The fourth-order valence-electron chi connectivity index (χ4n) is 2.07. The molecular formula is C13H16FNO2. The molecule has 1 aliphatic rings. The lowest BCUT2D eigenvalue weighted by Gasteiger charge is -2.37. The number of hydrogen-bond donors (Lipinski definition) is 1. The summed E-state index contributed by atoms with van der Waals surface area (Å²) in [5, 5.41) is 0. The van der Waals surface area contributed by atoms with E-state index in [9.17, 15) is 9.18 Å². The Morgan fingerprint density at radius 3 is 2.71 bits per heavy atom. The van der Waals surface area contributed by atoms with Crippen LogP contribution < -0.4 is 10.5 Å². The number of rotatable bonds is 4. The number of nitrogens with two attached hydrogens (primary N) is 1. The number of carbonyl (C=O) groups excluding carboxylic acids is 1. The summed E-state index contributed by atoms with van der Waals surface area (Å²) in [4.78, 5) is 11.9. The normalized spacial score (nSPS) is 17.4. The van der Waals surface area contributed by atoms with E-state index in [0.717, 1.165) is 19.3 Å². The van der Waals surface area contributed by atoms with E-state index in [2.05, 4.69) is 0 Å². The SMILES string of the molecule is COc1ccc(C(=O)CC2(N)CCC2)c(F)c1. The van der Waals surface area contributed by atoms with Crippen molar-refractivity contribution >= 4 is 5.78 Å². The lowest BCUT2D eigenvalue weighted by atomic mass is 9.74. The molecule has 0 heterocycles. The molecule has 1 saturated carbocycles. The predicted molar refractivity (Wildman–Crippen MR) is 62.7 cm³/mol. The fourth-order valence-corrected chi connectivity index (χ4v) is 2.07. The van der Waals surface area contributed by atoms with Gasteiger partial charge in [0.1, 0.15) is 11.6 Å². The Kier molecular flexibility index (Phi) is 3.15. The van der Waals surface area contributed by atoms with E-state index in [4.69, 9.17) is 10.5 Å². The van der Waals surface area contributed by atoms with Crippen LogP contribution in [0.5, 0.6) is 5.75 Å². The van der Waals surface area contributed by atoms with Gasteiger partial charge >= 0.3 is 0 Å². The molecule has 1 aromatic carbocycles. The van der Waals surface area contributed by atoms with Gasteiger partial charge in [0.05, 0.1) is 12.7 Å². The number of ketones is 1. The molecule has 2 N–H and O–H groups in total. The zero-order valence-corrected chi connectivity index (χ0v) is 9.83. The van der Waals surface area contributed by atoms with Crippen LogP contribution in [0.25, 0.3) is 0 Å². The van der Waals surface area contributed by atoms with Crippen LogP contribution in [0.2, 0.25) is 0 Å². The Hall–Kier alpha value is -1.42. The first-order valence-electron chi connectivity index (χ1n) is 5.70. The van der Waals surface area contributed by atoms with E-state index in [-0.39, 0.29) is 17.8 Å². The van der Waals surface area contributed by atoms with E-state index < -0.39 is 11.4 Å². The molecule has 0 amide bonds. The number of benzene rings is 1. The van der Waals surface area contributed by atoms with Gasteiger partial charge in [-0.25, -0.2) is 4.39 Å². The Morgan fingerprint density at radius 2 is 2.24 bits per heavy atom. The maximum atomic E-state index is 13.6. The Balaban J connectivity index is 2.13. The standard InChI is InChI=1S/C13H16FNO2/c1-17-9-3-4-10(11(14)7-9)12(16)8-13(15)5-2-6-13/h3-4,7H,2,5-6,8,15H2,1H3. The Morgan fingerprint density at radius 1 is 1.53 bits per heavy atom. The van der Waals surface area contributed by atoms with Gasteiger partial charge in [0.2, 0.25) is 0 Å². The number of carbonyl (C=O) groups is 1. The van der Waals surface area contributed by atoms with Crippen molar-refractivity contribution in [1.29, 1.82) is 0 Å². The molecule has 0 bridgehead atoms. The summed E-state index contributed by atoms with van der Waals surface area (Å²) >= 11 is 0. The summed E-state index contributed by atoms with van der Waals surface area (Å²) in [5.74, 6) is -0.366. The predicted octanol–water partition coefficient (Wildman–Crippen LogP) is 2.29. The van der Waals surface area contributed by atoms with Crippen molar-refractivity contribution < 1.29 is 13.9 Å². The summed E-state index contributed by atoms with van der Waals surface area (Å²) in [6.07, 6.45) is 2.96. The highest BCUT2D eigenvalue weighted by Gasteiger charge is 2.35. The van der Waals surface area contributed by atoms with Crippen LogP contribution in [0, 0.1) is 5.82 Å². The quantitative estimate of drug-likeness (QED) is 0.817. The molecule has 0 aromatic heterocycles. The zero-order chi connectivity index (χ0) is 12.5. The van der Waals surface area contributed by atoms with Gasteiger partial charge in [-0.05, 0) is 31.4 Å². The van der Waals surface area contributed by atoms with Crippen molar-refractivity contribution in [1.82, 2.24) is 0 Å². The van der Waals surface area contributed by atoms with Crippen LogP contribution in [-0.4, -0.2) is 18.4 Å². The van der Waals surface area contributed by atoms with E-state index in [1.54, 1.807) is 6.07 Å². The minimum Gasteiger partial charge on any atom is -0.497 e. The molecule has 0 atom stereocenters. The number of halogens is 1. The average molecular weight is 237 g/mol. The van der Waals surface area contributed by atoms with Crippen molar-refractivity contribution in [3.8, 4) is 5.75 Å². The first-order chi connectivity index (χ1) is 8.04. The number of hydrogen-bond acceptors (Lipinski definition) is 3. The molecule has 0 radical (unpaired) electrons. The van der Waals surface area contributed by atoms with Crippen molar-refractivity contribution in [3.63, 3.8) is 0 Å². The van der Waals surface area contributed by atoms with Gasteiger partial charge in [0, 0.05) is 18.0 Å². The highest BCUT2D eigenvalue weighted by Crippen LogP contribution is 2.33. The smallest absolute Gasteiger partial charge is 0.167 e. The maximum Gasteiger partial charge on any atom is 0.167 e. The fraction of sp³-hybridized carbons (Fsp3) is 0.462. The van der Waals surface area contributed by atoms with Gasteiger partial charge in [-0.15, -0.1) is 0 Å². The van der Waals surface area contributed by atoms with Crippen molar-refractivity contribution in [2.75, 3.05) is 7.11 Å². The highest BCUT2D eigenvalue weighted by molar-refractivity contribution is 5.97. The first kappa shape index (κ1) is 12.0. The largest absolute Gasteiger partial charge is 0.497 e. The second kappa shape index (κ2) is 4.45. The summed E-state index contributed by atoms with van der Waals surface area (Å²) in [5.41, 5.74) is 5.67. The minimum absolute atomic E-state index is 0.0996. The summed E-state index contributed by atoms with van der Waals surface area (Å²) in [6, 6.07) is 4.26. The van der Waals surface area contributed by atoms with Crippen LogP contribution >= 0.6 is 0 Å². The lowest BCUT2D eigenvalue weighted by Crippen LogP contribution is -2.48. The topological polar surface area (TPSA) is 52.3 Å². The monoisotopic (exact) mass is 237 g/mol. The summed E-state index contributed by atoms with van der Waals surface area (Å²) in [7, 11) is 1.46. The van der Waals surface area contributed by atoms with E-state index in [1.807, 2.05) is 0 Å². The van der Waals surface area contributed by atoms with Gasteiger partial charge in [0.25, 0.3) is 0 Å². The molecule has 1 fully saturated rings. The molecule has 0 unspecified atom stereocenters. The second-order valence-electron chi connectivity index (χ2n) is 4.66. The molecule has 1 aromatic rings. The van der Waals surface area contributed by atoms with Crippen LogP contribution in [0.3, 0.4) is 0 Å². The molecule has 0 spiro atoms. The van der Waals surface area contributed by atoms with E-state index >= 15 is 0 Å². The highest BCUT2D eigenvalue weighted by atomic mass is 19.1. The van der Waals surface area contributed by atoms with Gasteiger partial charge in [-0.2, -0.15) is 0 Å². The zero-order valence-electron chi connectivity index (χ0n) is 9.83. The molecule has 1 aliphatic carbocycles. The number of ether oxygens (including phenoxy) is 1. The van der Waals surface area contributed by atoms with Crippen molar-refractivity contribution in [3.05, 3.63) is 29.6 Å². The van der Waals surface area contributed by atoms with Gasteiger partial charge in [0.15, 0.2) is 5.78 Å². The van der Waals surface area contributed by atoms with E-state index in [1.165, 1.54) is 19.2 Å². The Bertz CT molecular complexity index is 441. The third-order valence-corrected chi connectivity index (χ3v) is 3.34. The first-order valence-corrected chi connectivity index (χ1v) is 5.70. The summed E-state index contributed by atoms with van der Waals surface area (Å²) < 4.78 is 18.5. The van der Waals surface area contributed by atoms with Crippen molar-refractivity contribution in [2.45, 2.75) is 31.2 Å². The van der Waals surface area contributed by atoms with Crippen LogP contribution in [0.15, 0.2) is 18.2 Å². The Labute approximate surface area is 99.8 Å². The molecular weight excluding hydrogens is 221 g/mol. The molecule has 4 heteroatoms. The molecule has 3 nitrogen and oxygen atoms in total. The third-order valence-electron chi connectivity index (χ3n) is 3.34. The number of methoxy groups -OCH3 is 1. The molecule has 0 aliphatic heterocycles. The number of Topliss-reactive ketones (excluding diaryl/α,β-unsaturated/α-hetero) is 1. The maximum absolute atomic E-state index is 13.6. The van der Waals surface area contributed by atoms with Crippen LogP contribution in [-0.2, 0) is 0 Å². The van der Waals surface area contributed by atoms with Gasteiger partial charge in [-0.1, -0.05) is 0 Å². The van der Waals surface area contributed by atoms with Crippen LogP contribution in [0.4, 0.5) is 4.39 Å². The minimum atomic E-state index is -0.544. The van der Waals surface area contributed by atoms with Crippen molar-refractivity contribution in [2.24, 2.45) is 5.73 Å². The average Bonchev–Trinajstić information content (AvgIpc) is 2.26. The second-order valence-corrected chi connectivity index (χ2v) is 4.66. The van der Waals surface area contributed by atoms with Gasteiger partial charge in [-0.3, -0.25) is 4.79 Å². The lowest BCUT2D eigenvalue weighted by molar-refractivity contribution is 0.0908. The molecule has 2 rings (SSSR count). The molecule has 0 saturated heterocycles. The van der Waals surface area contributed by atoms with Gasteiger partial charge < -0.3 is 10.5 Å². The summed E-state index contributed by atoms with van der Waals surface area (Å²) in [6.45, 7) is 0.